The summed E-state index contributed by atoms with van der Waals surface area (Å²) < 4.78 is 12.2. The number of aldehydes is 1. The Bertz CT molecular complexity index is 1260. The van der Waals surface area contributed by atoms with Crippen LogP contribution in [0, 0.1) is 6.92 Å². The molecule has 0 bridgehead atoms. The van der Waals surface area contributed by atoms with E-state index in [9.17, 15) is 19.2 Å². The summed E-state index contributed by atoms with van der Waals surface area (Å²) >= 11 is 1.75. The summed E-state index contributed by atoms with van der Waals surface area (Å²) in [6.45, 7) is 10.0. The molecule has 2 aliphatic heterocycles. The largest absolute Gasteiger partial charge is 0.458 e. The van der Waals surface area contributed by atoms with Gasteiger partial charge in [-0.2, -0.15) is 11.8 Å². The number of allylic oxidation sites excluding steroid dienone is 3. The number of fused-ring (bicyclic) bond motifs is 2. The van der Waals surface area contributed by atoms with Gasteiger partial charge in [0.05, 0.1) is 17.8 Å². The lowest BCUT2D eigenvalue weighted by atomic mass is 9.97. The van der Waals surface area contributed by atoms with Gasteiger partial charge < -0.3 is 23.6 Å². The molecule has 1 atom stereocenters. The monoisotopic (exact) mass is 555 g/mol. The molecule has 1 aromatic carbocycles. The first kappa shape index (κ1) is 33.8. The second-order valence-electron chi connectivity index (χ2n) is 8.62. The molecule has 0 aliphatic carbocycles. The molecule has 0 radical (unpaired) electrons. The van der Waals surface area contributed by atoms with Crippen LogP contribution >= 0.6 is 11.8 Å². The van der Waals surface area contributed by atoms with Crippen LogP contribution < -0.4 is 5.56 Å². The molecule has 8 heteroatoms. The first-order chi connectivity index (χ1) is 18.7. The summed E-state index contributed by atoms with van der Waals surface area (Å²) in [5.74, 6) is -0.378. The van der Waals surface area contributed by atoms with E-state index in [-0.39, 0.29) is 17.9 Å². The van der Waals surface area contributed by atoms with Crippen molar-refractivity contribution in [1.82, 2.24) is 4.57 Å². The number of benzene rings is 1. The summed E-state index contributed by atoms with van der Waals surface area (Å²) in [6.07, 6.45) is 8.89. The van der Waals surface area contributed by atoms with Crippen LogP contribution in [0.25, 0.3) is 11.6 Å². The maximum absolute atomic E-state index is 13.1. The molecule has 1 aromatic heterocycles. The molecular formula is C31H41NO6S. The molecule has 0 spiro atoms. The van der Waals surface area contributed by atoms with E-state index in [0.717, 1.165) is 28.7 Å². The number of methoxy groups -OCH3 is 1. The first-order valence-electron chi connectivity index (χ1n) is 13.0. The van der Waals surface area contributed by atoms with E-state index in [2.05, 4.69) is 25.1 Å². The van der Waals surface area contributed by atoms with Crippen LogP contribution in [0.2, 0.25) is 0 Å². The number of pyridine rings is 1. The highest BCUT2D eigenvalue weighted by molar-refractivity contribution is 7.97. The third kappa shape index (κ3) is 8.90. The quantitative estimate of drug-likeness (QED) is 0.332. The summed E-state index contributed by atoms with van der Waals surface area (Å²) in [6, 6.07) is 10.1. The number of aromatic nitrogens is 1. The Morgan fingerprint density at radius 3 is 2.36 bits per heavy atom. The number of rotatable bonds is 5. The minimum absolute atomic E-state index is 0.00481. The van der Waals surface area contributed by atoms with Gasteiger partial charge in [0, 0.05) is 25.5 Å². The molecule has 3 heterocycles. The van der Waals surface area contributed by atoms with E-state index < -0.39 is 12.1 Å². The molecule has 0 saturated heterocycles. The van der Waals surface area contributed by atoms with Gasteiger partial charge in [-0.1, -0.05) is 44.2 Å². The minimum atomic E-state index is -0.852. The maximum Gasteiger partial charge on any atom is 0.340 e. The molecule has 0 amide bonds. The number of ketones is 1. The van der Waals surface area contributed by atoms with Crippen LogP contribution in [0.3, 0.4) is 0 Å². The maximum atomic E-state index is 13.1. The summed E-state index contributed by atoms with van der Waals surface area (Å²) in [4.78, 5) is 44.7. The number of Topliss-reactive ketones (excluding diaryl/α,β-unsaturated/α-hetero) is 1. The summed E-state index contributed by atoms with van der Waals surface area (Å²) in [5, 5.41) is 0. The number of thioether (sulfide) groups is 1. The lowest BCUT2D eigenvalue weighted by Gasteiger charge is -2.24. The molecule has 39 heavy (non-hydrogen) atoms. The number of ether oxygens (including phenoxy) is 2. The number of hydrogen-bond donors (Lipinski definition) is 0. The Kier molecular flexibility index (Phi) is 15.1. The predicted octanol–water partition coefficient (Wildman–Crippen LogP) is 5.96. The highest BCUT2D eigenvalue weighted by atomic mass is 32.2. The number of carbonyl (C=O) groups excluding carboxylic acids is 3. The fourth-order valence-electron chi connectivity index (χ4n) is 4.11. The molecule has 2 aromatic rings. The number of hydrogen-bond acceptors (Lipinski definition) is 7. The highest BCUT2D eigenvalue weighted by Crippen LogP contribution is 2.36. The second kappa shape index (κ2) is 17.4. The van der Waals surface area contributed by atoms with Gasteiger partial charge in [0.15, 0.2) is 6.10 Å². The Morgan fingerprint density at radius 1 is 1.21 bits per heavy atom. The Labute approximate surface area is 236 Å². The zero-order valence-corrected chi connectivity index (χ0v) is 25.1. The number of esters is 1. The van der Waals surface area contributed by atoms with Crippen LogP contribution in [0.1, 0.15) is 74.6 Å². The number of aryl methyl sites for hydroxylation is 1. The predicted molar refractivity (Wildman–Crippen MR) is 160 cm³/mol. The Balaban J connectivity index is 0.000000540. The topological polar surface area (TPSA) is 91.7 Å². The molecule has 2 aliphatic rings. The minimum Gasteiger partial charge on any atom is -0.458 e. The summed E-state index contributed by atoms with van der Waals surface area (Å²) in [7, 11) is 1.45. The third-order valence-corrected chi connectivity index (χ3v) is 5.90. The van der Waals surface area contributed by atoms with Gasteiger partial charge in [-0.05, 0) is 67.7 Å². The zero-order valence-electron chi connectivity index (χ0n) is 24.3. The van der Waals surface area contributed by atoms with Crippen LogP contribution in [-0.2, 0) is 37.0 Å². The normalized spacial score (nSPS) is 16.8. The van der Waals surface area contributed by atoms with Gasteiger partial charge in [-0.15, -0.1) is 0 Å². The van der Waals surface area contributed by atoms with Gasteiger partial charge in [-0.3, -0.25) is 4.79 Å². The van der Waals surface area contributed by atoms with E-state index in [0.29, 0.717) is 30.5 Å². The lowest BCUT2D eigenvalue weighted by molar-refractivity contribution is -0.159. The standard InChI is InChI=1S/C22H21NO4.C5H8O2.C2H6S.C2H6/c1-4-16-15(9-14-8-6-5-7-13(14)2)11-23-19(16)10-17-18(21(23)24)12-27-22(25)20(17)26-3;1-5(7)3-2-4-6;1-3-2;1-2/h4-10,20H,11-12H2,1-3H3;4H,2-3H2,1H3;1-2H3;1-2H3/b15-9-,16-4+;;;. The van der Waals surface area contributed by atoms with Crippen LogP contribution in [0.5, 0.6) is 0 Å². The molecule has 1 unspecified atom stereocenters. The Morgan fingerprint density at radius 2 is 1.85 bits per heavy atom. The molecule has 4 rings (SSSR count). The van der Waals surface area contributed by atoms with Gasteiger partial charge in [0.25, 0.3) is 5.56 Å². The van der Waals surface area contributed by atoms with E-state index in [1.807, 2.05) is 57.6 Å². The molecular weight excluding hydrogens is 514 g/mol. The van der Waals surface area contributed by atoms with Gasteiger partial charge in [0.2, 0.25) is 0 Å². The Hall–Kier alpha value is -3.23. The smallest absolute Gasteiger partial charge is 0.340 e. The van der Waals surface area contributed by atoms with E-state index >= 15 is 0 Å². The van der Waals surface area contributed by atoms with Crippen molar-refractivity contribution < 1.29 is 23.9 Å². The molecule has 0 N–H and O–H groups in total. The average Bonchev–Trinajstić information content (AvgIpc) is 3.28. The fraction of sp³-hybridized carbons (Fsp3) is 0.419. The van der Waals surface area contributed by atoms with Crippen molar-refractivity contribution in [3.63, 3.8) is 0 Å². The SMILES string of the molecule is C/C=C1\C(=C/c2ccccc2C)Cn2c1cc1c(c2=O)COC(=O)C1OC.CC.CC(=O)CCC=O.CSC. The highest BCUT2D eigenvalue weighted by Gasteiger charge is 2.35. The van der Waals surface area contributed by atoms with E-state index in [1.165, 1.54) is 19.6 Å². The van der Waals surface area contributed by atoms with E-state index in [1.54, 1.807) is 16.3 Å². The van der Waals surface area contributed by atoms with Crippen molar-refractivity contribution in [2.45, 2.75) is 66.7 Å². The van der Waals surface area contributed by atoms with Crippen molar-refractivity contribution in [1.29, 1.82) is 0 Å². The van der Waals surface area contributed by atoms with Crippen molar-refractivity contribution in [3.8, 4) is 0 Å². The number of nitrogens with zero attached hydrogens (tertiary/aromatic N) is 1. The number of cyclic esters (lactones) is 1. The van der Waals surface area contributed by atoms with Crippen LogP contribution in [0.15, 0.2) is 46.8 Å². The van der Waals surface area contributed by atoms with Crippen LogP contribution in [0.4, 0.5) is 0 Å². The first-order valence-corrected chi connectivity index (χ1v) is 14.6. The van der Waals surface area contributed by atoms with Gasteiger partial charge in [0.1, 0.15) is 18.7 Å². The molecule has 7 nitrogen and oxygen atoms in total. The fourth-order valence-corrected chi connectivity index (χ4v) is 4.11. The lowest BCUT2D eigenvalue weighted by Crippen LogP contribution is -2.33. The van der Waals surface area contributed by atoms with Gasteiger partial charge in [-0.25, -0.2) is 4.79 Å². The zero-order chi connectivity index (χ0) is 29.5. The van der Waals surface area contributed by atoms with Crippen molar-refractivity contribution in [2.24, 2.45) is 0 Å². The van der Waals surface area contributed by atoms with Crippen molar-refractivity contribution in [2.75, 3.05) is 19.6 Å². The van der Waals surface area contributed by atoms with Gasteiger partial charge >= 0.3 is 5.97 Å². The summed E-state index contributed by atoms with van der Waals surface area (Å²) in [5.41, 5.74) is 6.20. The van der Waals surface area contributed by atoms with Crippen molar-refractivity contribution >= 4 is 41.4 Å². The van der Waals surface area contributed by atoms with Crippen molar-refractivity contribution in [3.05, 3.63) is 80.3 Å². The third-order valence-electron chi connectivity index (χ3n) is 5.90. The average molecular weight is 556 g/mol. The number of carbonyl (C=O) groups is 3. The van der Waals surface area contributed by atoms with E-state index in [4.69, 9.17) is 9.47 Å². The second-order valence-corrected chi connectivity index (χ2v) is 9.44. The molecule has 0 fully saturated rings. The molecule has 212 valence electrons. The van der Waals surface area contributed by atoms with Crippen LogP contribution in [-0.4, -0.2) is 42.2 Å². The molecule has 0 saturated carbocycles.